The summed E-state index contributed by atoms with van der Waals surface area (Å²) < 4.78 is 0. The lowest BCUT2D eigenvalue weighted by atomic mass is 9.92. The van der Waals surface area contributed by atoms with Gasteiger partial charge in [-0.05, 0) is 50.3 Å². The summed E-state index contributed by atoms with van der Waals surface area (Å²) in [5.41, 5.74) is 0.296. The molecule has 0 spiro atoms. The molecule has 7 nitrogen and oxygen atoms in total. The van der Waals surface area contributed by atoms with Crippen LogP contribution in [-0.4, -0.2) is 58.8 Å². The maximum absolute atomic E-state index is 13.0. The summed E-state index contributed by atoms with van der Waals surface area (Å²) >= 11 is 5.93. The number of phenols is 1. The standard InChI is InChI=1S/C22H30ClN3O4/c1-2-4-20(28)26-10-3-5-16(14-26)22(30)25-11-8-15(9-12-25)21(29)24-18-13-17(23)6-7-19(18)27/h6-7,13,15-16,27H,2-5,8-12,14H2,1H3,(H,24,29)/t16-/m0/s1. The number of rotatable bonds is 5. The van der Waals surface area contributed by atoms with Crippen LogP contribution in [0.25, 0.3) is 0 Å². The topological polar surface area (TPSA) is 90.0 Å². The Balaban J connectivity index is 1.51. The van der Waals surface area contributed by atoms with Crippen LogP contribution in [0.2, 0.25) is 5.02 Å². The summed E-state index contributed by atoms with van der Waals surface area (Å²) in [6, 6.07) is 4.51. The van der Waals surface area contributed by atoms with Gasteiger partial charge >= 0.3 is 0 Å². The van der Waals surface area contributed by atoms with Gasteiger partial charge in [0.2, 0.25) is 17.7 Å². The molecule has 0 aliphatic carbocycles. The molecule has 8 heteroatoms. The number of piperidine rings is 2. The van der Waals surface area contributed by atoms with Gasteiger partial charge in [-0.1, -0.05) is 18.5 Å². The van der Waals surface area contributed by atoms with Crippen LogP contribution in [0.15, 0.2) is 18.2 Å². The lowest BCUT2D eigenvalue weighted by molar-refractivity contribution is -0.142. The van der Waals surface area contributed by atoms with Crippen molar-refractivity contribution in [2.45, 2.75) is 45.4 Å². The molecule has 2 aliphatic rings. The van der Waals surface area contributed by atoms with Crippen LogP contribution in [-0.2, 0) is 14.4 Å². The van der Waals surface area contributed by atoms with Gasteiger partial charge in [-0.3, -0.25) is 14.4 Å². The van der Waals surface area contributed by atoms with Crippen LogP contribution < -0.4 is 5.32 Å². The molecule has 0 radical (unpaired) electrons. The Morgan fingerprint density at radius 1 is 1.10 bits per heavy atom. The summed E-state index contributed by atoms with van der Waals surface area (Å²) in [6.45, 7) is 4.28. The Labute approximate surface area is 182 Å². The number of benzene rings is 1. The minimum absolute atomic E-state index is 0.0279. The molecule has 2 N–H and O–H groups in total. The molecular weight excluding hydrogens is 406 g/mol. The van der Waals surface area contributed by atoms with Gasteiger partial charge in [-0.25, -0.2) is 0 Å². The summed E-state index contributed by atoms with van der Waals surface area (Å²) in [7, 11) is 0. The summed E-state index contributed by atoms with van der Waals surface area (Å²) in [4.78, 5) is 41.4. The second-order valence-electron chi connectivity index (χ2n) is 8.18. The van der Waals surface area contributed by atoms with Gasteiger partial charge in [0, 0.05) is 43.5 Å². The maximum Gasteiger partial charge on any atom is 0.227 e. The van der Waals surface area contributed by atoms with E-state index >= 15 is 0 Å². The van der Waals surface area contributed by atoms with Gasteiger partial charge in [0.05, 0.1) is 11.6 Å². The molecule has 30 heavy (non-hydrogen) atoms. The van der Waals surface area contributed by atoms with E-state index in [4.69, 9.17) is 11.6 Å². The highest BCUT2D eigenvalue weighted by atomic mass is 35.5. The highest BCUT2D eigenvalue weighted by Crippen LogP contribution is 2.29. The van der Waals surface area contributed by atoms with E-state index in [2.05, 4.69) is 5.32 Å². The summed E-state index contributed by atoms with van der Waals surface area (Å²) in [6.07, 6.45) is 4.16. The monoisotopic (exact) mass is 435 g/mol. The van der Waals surface area contributed by atoms with E-state index in [1.54, 1.807) is 6.07 Å². The van der Waals surface area contributed by atoms with E-state index in [0.717, 1.165) is 25.8 Å². The molecule has 1 aromatic rings. The Hall–Kier alpha value is -2.28. The number of hydrogen-bond donors (Lipinski definition) is 2. The summed E-state index contributed by atoms with van der Waals surface area (Å²) in [5.74, 6) is -0.340. The average Bonchev–Trinajstić information content (AvgIpc) is 2.76. The first-order valence-corrected chi connectivity index (χ1v) is 11.1. The Bertz CT molecular complexity index is 793. The minimum Gasteiger partial charge on any atom is -0.506 e. The van der Waals surface area contributed by atoms with Gasteiger partial charge < -0.3 is 20.2 Å². The van der Waals surface area contributed by atoms with E-state index in [1.807, 2.05) is 16.7 Å². The van der Waals surface area contributed by atoms with Crippen LogP contribution in [0.4, 0.5) is 5.69 Å². The summed E-state index contributed by atoms with van der Waals surface area (Å²) in [5, 5.41) is 13.1. The number of halogens is 1. The van der Waals surface area contributed by atoms with Crippen LogP contribution in [0, 0.1) is 11.8 Å². The zero-order valence-electron chi connectivity index (χ0n) is 17.4. The molecule has 3 amide bonds. The zero-order chi connectivity index (χ0) is 21.7. The van der Waals surface area contributed by atoms with Gasteiger partial charge in [-0.2, -0.15) is 0 Å². The third kappa shape index (κ3) is 5.45. The highest BCUT2D eigenvalue weighted by molar-refractivity contribution is 6.31. The molecule has 2 aliphatic heterocycles. The molecule has 0 saturated carbocycles. The highest BCUT2D eigenvalue weighted by Gasteiger charge is 2.34. The predicted molar refractivity (Wildman–Crippen MR) is 115 cm³/mol. The third-order valence-corrected chi connectivity index (χ3v) is 6.22. The van der Waals surface area contributed by atoms with E-state index < -0.39 is 0 Å². The van der Waals surface area contributed by atoms with Crippen molar-refractivity contribution in [2.24, 2.45) is 11.8 Å². The Morgan fingerprint density at radius 2 is 1.83 bits per heavy atom. The number of likely N-dealkylation sites (tertiary alicyclic amines) is 2. The minimum atomic E-state index is -0.221. The van der Waals surface area contributed by atoms with Crippen molar-refractivity contribution in [2.75, 3.05) is 31.5 Å². The van der Waals surface area contributed by atoms with Crippen molar-refractivity contribution in [3.8, 4) is 5.75 Å². The first kappa shape index (κ1) is 22.4. The molecule has 0 aromatic heterocycles. The third-order valence-electron chi connectivity index (χ3n) is 5.98. The number of amides is 3. The molecule has 0 unspecified atom stereocenters. The number of carbonyl (C=O) groups is 3. The smallest absolute Gasteiger partial charge is 0.227 e. The van der Waals surface area contributed by atoms with E-state index in [0.29, 0.717) is 49.6 Å². The van der Waals surface area contributed by atoms with E-state index in [-0.39, 0.29) is 35.3 Å². The molecule has 0 bridgehead atoms. The van der Waals surface area contributed by atoms with Gasteiger partial charge in [0.15, 0.2) is 0 Å². The van der Waals surface area contributed by atoms with E-state index in [9.17, 15) is 19.5 Å². The largest absolute Gasteiger partial charge is 0.506 e. The van der Waals surface area contributed by atoms with Gasteiger partial charge in [-0.15, -0.1) is 0 Å². The molecule has 3 rings (SSSR count). The van der Waals surface area contributed by atoms with Crippen LogP contribution in [0.3, 0.4) is 0 Å². The SMILES string of the molecule is CCCC(=O)N1CCC[C@H](C(=O)N2CCC(C(=O)Nc3cc(Cl)ccc3O)CC2)C1. The van der Waals surface area contributed by atoms with Crippen LogP contribution >= 0.6 is 11.6 Å². The van der Waals surface area contributed by atoms with Crippen molar-refractivity contribution >= 4 is 35.0 Å². The quantitative estimate of drug-likeness (QED) is 0.694. The number of phenolic OH excluding ortho intramolecular Hbond substituents is 1. The van der Waals surface area contributed by atoms with Gasteiger partial charge in [0.25, 0.3) is 0 Å². The number of anilines is 1. The maximum atomic E-state index is 13.0. The second kappa shape index (κ2) is 10.2. The average molecular weight is 436 g/mol. The molecule has 2 heterocycles. The fourth-order valence-electron chi connectivity index (χ4n) is 4.24. The zero-order valence-corrected chi connectivity index (χ0v) is 18.2. The number of hydrogen-bond acceptors (Lipinski definition) is 4. The Kier molecular flexibility index (Phi) is 7.58. The van der Waals surface area contributed by atoms with Crippen LogP contribution in [0.5, 0.6) is 5.75 Å². The number of carbonyl (C=O) groups excluding carboxylic acids is 3. The van der Waals surface area contributed by atoms with Crippen molar-refractivity contribution in [1.82, 2.24) is 9.80 Å². The van der Waals surface area contributed by atoms with Crippen molar-refractivity contribution in [1.29, 1.82) is 0 Å². The molecule has 1 aromatic carbocycles. The fourth-order valence-corrected chi connectivity index (χ4v) is 4.41. The Morgan fingerprint density at radius 3 is 2.53 bits per heavy atom. The number of nitrogens with one attached hydrogen (secondary N) is 1. The molecular formula is C22H30ClN3O4. The molecule has 1 atom stereocenters. The molecule has 2 fully saturated rings. The fraction of sp³-hybridized carbons (Fsp3) is 0.591. The van der Waals surface area contributed by atoms with Gasteiger partial charge in [0.1, 0.15) is 5.75 Å². The number of aromatic hydroxyl groups is 1. The molecule has 164 valence electrons. The predicted octanol–water partition coefficient (Wildman–Crippen LogP) is 3.26. The lowest BCUT2D eigenvalue weighted by Crippen LogP contribution is -2.49. The molecule has 2 saturated heterocycles. The first-order valence-electron chi connectivity index (χ1n) is 10.7. The lowest BCUT2D eigenvalue weighted by Gasteiger charge is -2.37. The first-order chi connectivity index (χ1) is 14.4. The number of nitrogens with zero attached hydrogens (tertiary/aromatic N) is 2. The second-order valence-corrected chi connectivity index (χ2v) is 8.62. The van der Waals surface area contributed by atoms with Crippen LogP contribution in [0.1, 0.15) is 45.4 Å². The van der Waals surface area contributed by atoms with E-state index in [1.165, 1.54) is 12.1 Å². The van der Waals surface area contributed by atoms with Crippen molar-refractivity contribution in [3.05, 3.63) is 23.2 Å². The van der Waals surface area contributed by atoms with Crippen molar-refractivity contribution in [3.63, 3.8) is 0 Å². The normalized spacial score (nSPS) is 20.1. The van der Waals surface area contributed by atoms with Crippen molar-refractivity contribution < 1.29 is 19.5 Å².